The van der Waals surface area contributed by atoms with E-state index in [0.717, 1.165) is 18.6 Å². The van der Waals surface area contributed by atoms with Gasteiger partial charge in [-0.3, -0.25) is 4.90 Å². The van der Waals surface area contributed by atoms with E-state index in [1.54, 1.807) is 0 Å². The van der Waals surface area contributed by atoms with Gasteiger partial charge in [0.1, 0.15) is 0 Å². The quantitative estimate of drug-likeness (QED) is 0.649. The highest BCUT2D eigenvalue weighted by molar-refractivity contribution is 4.87. The Bertz CT molecular complexity index is 132. The van der Waals surface area contributed by atoms with Crippen LogP contribution in [0.1, 0.15) is 39.5 Å². The molecule has 0 bridgehead atoms. The van der Waals surface area contributed by atoms with Gasteiger partial charge in [0.05, 0.1) is 0 Å². The fourth-order valence-electron chi connectivity index (χ4n) is 1.95. The van der Waals surface area contributed by atoms with Crippen molar-refractivity contribution in [1.29, 1.82) is 0 Å². The molecule has 1 saturated carbocycles. The van der Waals surface area contributed by atoms with Gasteiger partial charge in [-0.15, -0.1) is 0 Å². The summed E-state index contributed by atoms with van der Waals surface area (Å²) >= 11 is 0. The molecule has 0 amide bonds. The molecule has 1 aliphatic rings. The maximum atomic E-state index is 3.23. The molecule has 0 aromatic rings. The monoisotopic (exact) mass is 184 g/mol. The van der Waals surface area contributed by atoms with E-state index in [2.05, 4.69) is 24.1 Å². The van der Waals surface area contributed by atoms with Gasteiger partial charge in [0.15, 0.2) is 0 Å². The predicted molar refractivity (Wildman–Crippen MR) is 58.0 cm³/mol. The van der Waals surface area contributed by atoms with Crippen molar-refractivity contribution in [2.75, 3.05) is 20.1 Å². The van der Waals surface area contributed by atoms with Crippen LogP contribution in [0.5, 0.6) is 0 Å². The number of nitrogens with one attached hydrogen (secondary N) is 1. The molecule has 13 heavy (non-hydrogen) atoms. The maximum absolute atomic E-state index is 3.23. The second-order valence-corrected chi connectivity index (χ2v) is 4.21. The van der Waals surface area contributed by atoms with Gasteiger partial charge in [0, 0.05) is 12.1 Å². The van der Waals surface area contributed by atoms with E-state index in [9.17, 15) is 0 Å². The van der Waals surface area contributed by atoms with Gasteiger partial charge in [0.2, 0.25) is 0 Å². The van der Waals surface area contributed by atoms with Crippen LogP contribution < -0.4 is 5.32 Å². The standard InChI is InChI=1S/C11H24N2/c1-4-9-13(11-5-6-11)10(2)7-8-12-3/h10-12H,4-9H2,1-3H3. The summed E-state index contributed by atoms with van der Waals surface area (Å²) in [6, 6.07) is 1.69. The third-order valence-corrected chi connectivity index (χ3v) is 2.88. The summed E-state index contributed by atoms with van der Waals surface area (Å²) in [7, 11) is 2.04. The van der Waals surface area contributed by atoms with Crippen molar-refractivity contribution in [1.82, 2.24) is 10.2 Å². The molecule has 1 rings (SSSR count). The summed E-state index contributed by atoms with van der Waals surface area (Å²) < 4.78 is 0. The Morgan fingerprint density at radius 2 is 2.15 bits per heavy atom. The third kappa shape index (κ3) is 3.65. The maximum Gasteiger partial charge on any atom is 0.00992 e. The molecule has 0 aliphatic heterocycles. The van der Waals surface area contributed by atoms with E-state index >= 15 is 0 Å². The van der Waals surface area contributed by atoms with Gasteiger partial charge < -0.3 is 5.32 Å². The van der Waals surface area contributed by atoms with Crippen molar-refractivity contribution in [3.05, 3.63) is 0 Å². The van der Waals surface area contributed by atoms with E-state index in [1.165, 1.54) is 32.2 Å². The normalized spacial score (nSPS) is 19.4. The predicted octanol–water partition coefficient (Wildman–Crippen LogP) is 1.86. The largest absolute Gasteiger partial charge is 0.320 e. The molecule has 2 nitrogen and oxygen atoms in total. The van der Waals surface area contributed by atoms with Crippen molar-refractivity contribution in [2.24, 2.45) is 0 Å². The zero-order chi connectivity index (χ0) is 9.68. The molecular formula is C11H24N2. The molecular weight excluding hydrogens is 160 g/mol. The summed E-state index contributed by atoms with van der Waals surface area (Å²) in [5.74, 6) is 0. The fourth-order valence-corrected chi connectivity index (χ4v) is 1.95. The van der Waals surface area contributed by atoms with Crippen molar-refractivity contribution >= 4 is 0 Å². The first-order valence-corrected chi connectivity index (χ1v) is 5.70. The average molecular weight is 184 g/mol. The Hall–Kier alpha value is -0.0800. The lowest BCUT2D eigenvalue weighted by Gasteiger charge is -2.28. The molecule has 1 N–H and O–H groups in total. The Kier molecular flexibility index (Phi) is 4.74. The van der Waals surface area contributed by atoms with Crippen molar-refractivity contribution < 1.29 is 0 Å². The molecule has 0 aromatic heterocycles. The van der Waals surface area contributed by atoms with Crippen LogP contribution in [-0.2, 0) is 0 Å². The van der Waals surface area contributed by atoms with E-state index in [-0.39, 0.29) is 0 Å². The van der Waals surface area contributed by atoms with E-state index in [4.69, 9.17) is 0 Å². The third-order valence-electron chi connectivity index (χ3n) is 2.88. The molecule has 1 aliphatic carbocycles. The fraction of sp³-hybridized carbons (Fsp3) is 1.00. The highest BCUT2D eigenvalue weighted by atomic mass is 15.2. The molecule has 1 atom stereocenters. The summed E-state index contributed by atoms with van der Waals surface area (Å²) in [5, 5.41) is 3.23. The first-order valence-electron chi connectivity index (χ1n) is 5.70. The molecule has 0 radical (unpaired) electrons. The van der Waals surface area contributed by atoms with Crippen LogP contribution in [0.3, 0.4) is 0 Å². The Labute approximate surface area is 82.7 Å². The van der Waals surface area contributed by atoms with Crippen molar-refractivity contribution in [3.8, 4) is 0 Å². The smallest absolute Gasteiger partial charge is 0.00992 e. The lowest BCUT2D eigenvalue weighted by molar-refractivity contribution is 0.190. The van der Waals surface area contributed by atoms with Gasteiger partial charge in [-0.05, 0) is 52.7 Å². The van der Waals surface area contributed by atoms with Gasteiger partial charge >= 0.3 is 0 Å². The molecule has 2 heteroatoms. The zero-order valence-corrected chi connectivity index (χ0v) is 9.34. The van der Waals surface area contributed by atoms with E-state index in [1.807, 2.05) is 7.05 Å². The van der Waals surface area contributed by atoms with E-state index < -0.39 is 0 Å². The van der Waals surface area contributed by atoms with Gasteiger partial charge in [0.25, 0.3) is 0 Å². The lowest BCUT2D eigenvalue weighted by atomic mass is 10.2. The minimum Gasteiger partial charge on any atom is -0.320 e. The van der Waals surface area contributed by atoms with Crippen molar-refractivity contribution in [3.63, 3.8) is 0 Å². The Balaban J connectivity index is 2.25. The zero-order valence-electron chi connectivity index (χ0n) is 9.34. The molecule has 0 heterocycles. The molecule has 1 unspecified atom stereocenters. The summed E-state index contributed by atoms with van der Waals surface area (Å²) in [5.41, 5.74) is 0. The number of rotatable bonds is 7. The minimum atomic E-state index is 0.764. The number of hydrogen-bond acceptors (Lipinski definition) is 2. The van der Waals surface area contributed by atoms with Crippen LogP contribution in [0.15, 0.2) is 0 Å². The van der Waals surface area contributed by atoms with E-state index in [0.29, 0.717) is 0 Å². The highest BCUT2D eigenvalue weighted by Gasteiger charge is 2.30. The summed E-state index contributed by atoms with van der Waals surface area (Å²) in [4.78, 5) is 2.69. The number of hydrogen-bond donors (Lipinski definition) is 1. The average Bonchev–Trinajstić information content (AvgIpc) is 2.93. The Morgan fingerprint density at radius 3 is 2.62 bits per heavy atom. The first kappa shape index (κ1) is 11.0. The van der Waals surface area contributed by atoms with Crippen LogP contribution >= 0.6 is 0 Å². The van der Waals surface area contributed by atoms with Crippen LogP contribution in [-0.4, -0.2) is 37.1 Å². The SMILES string of the molecule is CCCN(C(C)CCNC)C1CC1. The van der Waals surface area contributed by atoms with Crippen LogP contribution in [0, 0.1) is 0 Å². The number of nitrogens with zero attached hydrogens (tertiary/aromatic N) is 1. The molecule has 0 spiro atoms. The highest BCUT2D eigenvalue weighted by Crippen LogP contribution is 2.29. The minimum absolute atomic E-state index is 0.764. The topological polar surface area (TPSA) is 15.3 Å². The van der Waals surface area contributed by atoms with Crippen LogP contribution in [0.25, 0.3) is 0 Å². The Morgan fingerprint density at radius 1 is 1.46 bits per heavy atom. The van der Waals surface area contributed by atoms with Gasteiger partial charge in [-0.1, -0.05) is 6.92 Å². The van der Waals surface area contributed by atoms with Crippen LogP contribution in [0.2, 0.25) is 0 Å². The van der Waals surface area contributed by atoms with Crippen LogP contribution in [0.4, 0.5) is 0 Å². The first-order chi connectivity index (χ1) is 6.29. The molecule has 78 valence electrons. The molecule has 0 saturated heterocycles. The van der Waals surface area contributed by atoms with Gasteiger partial charge in [-0.2, -0.15) is 0 Å². The van der Waals surface area contributed by atoms with Gasteiger partial charge in [-0.25, -0.2) is 0 Å². The molecule has 0 aromatic carbocycles. The molecule has 1 fully saturated rings. The summed E-state index contributed by atoms with van der Waals surface area (Å²) in [6.07, 6.45) is 5.45. The van der Waals surface area contributed by atoms with Crippen molar-refractivity contribution in [2.45, 2.75) is 51.6 Å². The lowest BCUT2D eigenvalue weighted by Crippen LogP contribution is -2.37. The second kappa shape index (κ2) is 5.61. The summed E-state index contributed by atoms with van der Waals surface area (Å²) in [6.45, 7) is 7.08. The second-order valence-electron chi connectivity index (χ2n) is 4.21.